The highest BCUT2D eigenvalue weighted by molar-refractivity contribution is 6.35. The Hall–Kier alpha value is -0.240. The van der Waals surface area contributed by atoms with Gasteiger partial charge in [-0.25, -0.2) is 0 Å². The van der Waals surface area contributed by atoms with E-state index in [9.17, 15) is 0 Å². The lowest BCUT2D eigenvalue weighted by Crippen LogP contribution is -2.30. The van der Waals surface area contributed by atoms with Crippen molar-refractivity contribution < 1.29 is 0 Å². The van der Waals surface area contributed by atoms with Crippen LogP contribution in [0.15, 0.2) is 18.2 Å². The quantitative estimate of drug-likeness (QED) is 0.791. The fourth-order valence-corrected chi connectivity index (χ4v) is 3.12. The van der Waals surface area contributed by atoms with Crippen LogP contribution in [0.5, 0.6) is 0 Å². The molecule has 2 atom stereocenters. The lowest BCUT2D eigenvalue weighted by Gasteiger charge is -2.21. The molecule has 1 aliphatic rings. The van der Waals surface area contributed by atoms with Gasteiger partial charge >= 0.3 is 0 Å². The molecular formula is C14H19Cl2N. The number of nitrogens with two attached hydrogens (primary N) is 1. The Morgan fingerprint density at radius 3 is 2.65 bits per heavy atom. The molecule has 1 nitrogen and oxygen atoms in total. The Morgan fingerprint density at radius 2 is 1.88 bits per heavy atom. The minimum Gasteiger partial charge on any atom is -0.327 e. The van der Waals surface area contributed by atoms with E-state index in [0.717, 1.165) is 17.9 Å². The van der Waals surface area contributed by atoms with Gasteiger partial charge in [0.15, 0.2) is 0 Å². The van der Waals surface area contributed by atoms with E-state index in [1.807, 2.05) is 18.2 Å². The van der Waals surface area contributed by atoms with E-state index in [1.54, 1.807) is 0 Å². The Bertz CT molecular complexity index is 378. The van der Waals surface area contributed by atoms with Crippen LogP contribution in [0.25, 0.3) is 0 Å². The van der Waals surface area contributed by atoms with Crippen LogP contribution in [0.4, 0.5) is 0 Å². The topological polar surface area (TPSA) is 26.0 Å². The summed E-state index contributed by atoms with van der Waals surface area (Å²) in [6.07, 6.45) is 7.24. The Morgan fingerprint density at radius 1 is 1.12 bits per heavy atom. The largest absolute Gasteiger partial charge is 0.327 e. The summed E-state index contributed by atoms with van der Waals surface area (Å²) >= 11 is 12.1. The highest BCUT2D eigenvalue weighted by Gasteiger charge is 2.21. The van der Waals surface area contributed by atoms with Gasteiger partial charge in [0.2, 0.25) is 0 Å². The second-order valence-electron chi connectivity index (χ2n) is 5.00. The number of halogens is 2. The second kappa shape index (κ2) is 6.08. The summed E-state index contributed by atoms with van der Waals surface area (Å²) in [5.41, 5.74) is 7.42. The van der Waals surface area contributed by atoms with Crippen molar-refractivity contribution in [2.75, 3.05) is 0 Å². The smallest absolute Gasteiger partial charge is 0.0452 e. The zero-order valence-corrected chi connectivity index (χ0v) is 11.5. The van der Waals surface area contributed by atoms with Crippen molar-refractivity contribution in [2.45, 2.75) is 44.6 Å². The van der Waals surface area contributed by atoms with E-state index in [0.29, 0.717) is 17.0 Å². The third kappa shape index (κ3) is 3.61. The van der Waals surface area contributed by atoms with Gasteiger partial charge < -0.3 is 5.73 Å². The minimum atomic E-state index is 0.323. The monoisotopic (exact) mass is 271 g/mol. The molecule has 1 fully saturated rings. The molecule has 0 spiro atoms. The lowest BCUT2D eigenvalue weighted by molar-refractivity contribution is 0.395. The molecule has 0 heterocycles. The first kappa shape index (κ1) is 13.2. The van der Waals surface area contributed by atoms with Gasteiger partial charge in [-0.3, -0.25) is 0 Å². The molecule has 0 radical (unpaired) electrons. The summed E-state index contributed by atoms with van der Waals surface area (Å²) in [5, 5.41) is 1.47. The van der Waals surface area contributed by atoms with Crippen LogP contribution >= 0.6 is 23.2 Å². The summed E-state index contributed by atoms with van der Waals surface area (Å²) < 4.78 is 0. The number of hydrogen-bond acceptors (Lipinski definition) is 1. The molecule has 0 bridgehead atoms. The van der Waals surface area contributed by atoms with Gasteiger partial charge in [-0.05, 0) is 42.9 Å². The van der Waals surface area contributed by atoms with Crippen LogP contribution in [0.2, 0.25) is 10.0 Å². The SMILES string of the molecule is NC1CCCCCC1Cc1ccc(Cl)cc1Cl. The van der Waals surface area contributed by atoms with Crippen molar-refractivity contribution in [3.8, 4) is 0 Å². The molecule has 2 unspecified atom stereocenters. The van der Waals surface area contributed by atoms with Gasteiger partial charge in [0.05, 0.1) is 0 Å². The third-order valence-electron chi connectivity index (χ3n) is 3.72. The predicted octanol–water partition coefficient (Wildman–Crippen LogP) is 4.44. The van der Waals surface area contributed by atoms with Crippen molar-refractivity contribution in [2.24, 2.45) is 11.7 Å². The number of rotatable bonds is 2. The summed E-state index contributed by atoms with van der Waals surface area (Å²) in [5.74, 6) is 0.566. The maximum absolute atomic E-state index is 6.24. The number of benzene rings is 1. The highest BCUT2D eigenvalue weighted by Crippen LogP contribution is 2.29. The molecule has 1 aromatic carbocycles. The van der Waals surface area contributed by atoms with Gasteiger partial charge in [0.25, 0.3) is 0 Å². The predicted molar refractivity (Wildman–Crippen MR) is 74.7 cm³/mol. The maximum atomic E-state index is 6.24. The van der Waals surface area contributed by atoms with Crippen LogP contribution in [-0.2, 0) is 6.42 Å². The molecule has 0 aromatic heterocycles. The van der Waals surface area contributed by atoms with Gasteiger partial charge in [0.1, 0.15) is 0 Å². The number of hydrogen-bond donors (Lipinski definition) is 1. The van der Waals surface area contributed by atoms with Crippen LogP contribution < -0.4 is 5.73 Å². The zero-order chi connectivity index (χ0) is 12.3. The molecule has 2 N–H and O–H groups in total. The molecule has 0 amide bonds. The van der Waals surface area contributed by atoms with Crippen molar-refractivity contribution >= 4 is 23.2 Å². The molecule has 94 valence electrons. The van der Waals surface area contributed by atoms with Crippen LogP contribution in [0.1, 0.15) is 37.7 Å². The molecule has 2 rings (SSSR count). The molecule has 17 heavy (non-hydrogen) atoms. The molecule has 0 saturated heterocycles. The van der Waals surface area contributed by atoms with Crippen molar-refractivity contribution in [3.63, 3.8) is 0 Å². The third-order valence-corrected chi connectivity index (χ3v) is 4.30. The lowest BCUT2D eigenvalue weighted by atomic mass is 9.89. The van der Waals surface area contributed by atoms with Crippen molar-refractivity contribution in [1.82, 2.24) is 0 Å². The molecule has 1 aromatic rings. The first-order chi connectivity index (χ1) is 8.16. The molecule has 3 heteroatoms. The van der Waals surface area contributed by atoms with Crippen LogP contribution in [-0.4, -0.2) is 6.04 Å². The first-order valence-corrected chi connectivity index (χ1v) is 7.12. The van der Waals surface area contributed by atoms with E-state index in [2.05, 4.69) is 0 Å². The summed E-state index contributed by atoms with van der Waals surface area (Å²) in [6, 6.07) is 6.08. The van der Waals surface area contributed by atoms with E-state index in [4.69, 9.17) is 28.9 Å². The molecule has 0 aliphatic heterocycles. The average Bonchev–Trinajstić information content (AvgIpc) is 2.48. The van der Waals surface area contributed by atoms with Gasteiger partial charge in [-0.2, -0.15) is 0 Å². The summed E-state index contributed by atoms with van der Waals surface area (Å²) in [6.45, 7) is 0. The zero-order valence-electron chi connectivity index (χ0n) is 9.96. The van der Waals surface area contributed by atoms with E-state index >= 15 is 0 Å². The standard InChI is InChI=1S/C14H19Cl2N/c15-12-7-6-10(13(16)9-12)8-11-4-2-1-3-5-14(11)17/h6-7,9,11,14H,1-5,8,17H2. The Labute approximate surface area is 113 Å². The average molecular weight is 272 g/mol. The van der Waals surface area contributed by atoms with Crippen LogP contribution in [0.3, 0.4) is 0 Å². The van der Waals surface area contributed by atoms with Gasteiger partial charge in [0, 0.05) is 16.1 Å². The van der Waals surface area contributed by atoms with Crippen molar-refractivity contribution in [1.29, 1.82) is 0 Å². The molecule has 1 aliphatic carbocycles. The molecule has 1 saturated carbocycles. The fourth-order valence-electron chi connectivity index (χ4n) is 2.64. The van der Waals surface area contributed by atoms with Crippen molar-refractivity contribution in [3.05, 3.63) is 33.8 Å². The minimum absolute atomic E-state index is 0.323. The maximum Gasteiger partial charge on any atom is 0.0452 e. The fraction of sp³-hybridized carbons (Fsp3) is 0.571. The van der Waals surface area contributed by atoms with Crippen LogP contribution in [0, 0.1) is 5.92 Å². The Balaban J connectivity index is 2.08. The van der Waals surface area contributed by atoms with Gasteiger partial charge in [-0.1, -0.05) is 48.5 Å². The summed E-state index contributed by atoms with van der Waals surface area (Å²) in [7, 11) is 0. The van der Waals surface area contributed by atoms with E-state index < -0.39 is 0 Å². The van der Waals surface area contributed by atoms with Gasteiger partial charge in [-0.15, -0.1) is 0 Å². The summed E-state index contributed by atoms with van der Waals surface area (Å²) in [4.78, 5) is 0. The molecular weight excluding hydrogens is 253 g/mol. The first-order valence-electron chi connectivity index (χ1n) is 6.36. The van der Waals surface area contributed by atoms with E-state index in [-0.39, 0.29) is 0 Å². The second-order valence-corrected chi connectivity index (χ2v) is 5.85. The van der Waals surface area contributed by atoms with E-state index in [1.165, 1.54) is 31.2 Å². The highest BCUT2D eigenvalue weighted by atomic mass is 35.5. The Kier molecular flexibility index (Phi) is 4.72. The normalized spacial score (nSPS) is 25.6.